The van der Waals surface area contributed by atoms with Gasteiger partial charge in [0.1, 0.15) is 5.75 Å². The molecule has 0 aromatic heterocycles. The molecule has 0 fully saturated rings. The summed E-state index contributed by atoms with van der Waals surface area (Å²) < 4.78 is 5.16. The van der Waals surface area contributed by atoms with Crippen LogP contribution in [0.3, 0.4) is 0 Å². The molecule has 1 amide bonds. The standard InChI is InChI=1S/C14H19NO4/c1-3-9-15(10-8-13(16)17)14(18)11-6-4-5-7-12(11)19-2/h4-7H,3,8-10H2,1-2H3,(H,16,17). The van der Waals surface area contributed by atoms with Crippen molar-refractivity contribution in [1.82, 2.24) is 4.90 Å². The number of hydrogen-bond donors (Lipinski definition) is 1. The molecule has 0 saturated heterocycles. The molecule has 1 aromatic rings. The Hall–Kier alpha value is -2.04. The van der Waals surface area contributed by atoms with Crippen LogP contribution in [0.25, 0.3) is 0 Å². The first kappa shape index (κ1) is 15.0. The van der Waals surface area contributed by atoms with Crippen molar-refractivity contribution in [2.75, 3.05) is 20.2 Å². The summed E-state index contributed by atoms with van der Waals surface area (Å²) in [6, 6.07) is 6.95. The van der Waals surface area contributed by atoms with Gasteiger partial charge in [-0.15, -0.1) is 0 Å². The van der Waals surface area contributed by atoms with E-state index in [2.05, 4.69) is 0 Å². The minimum atomic E-state index is -0.908. The summed E-state index contributed by atoms with van der Waals surface area (Å²) in [5.41, 5.74) is 0.462. The number of carbonyl (C=O) groups is 2. The second-order valence-corrected chi connectivity index (χ2v) is 4.14. The smallest absolute Gasteiger partial charge is 0.305 e. The molecule has 0 aliphatic heterocycles. The van der Waals surface area contributed by atoms with Crippen molar-refractivity contribution in [3.8, 4) is 5.75 Å². The average Bonchev–Trinajstić information content (AvgIpc) is 2.42. The van der Waals surface area contributed by atoms with Gasteiger partial charge in [-0.1, -0.05) is 19.1 Å². The predicted octanol–water partition coefficient (Wildman–Crippen LogP) is 2.02. The van der Waals surface area contributed by atoms with Gasteiger partial charge in [-0.3, -0.25) is 9.59 Å². The second kappa shape index (κ2) is 7.41. The Kier molecular flexibility index (Phi) is 5.85. The molecule has 5 nitrogen and oxygen atoms in total. The fourth-order valence-electron chi connectivity index (χ4n) is 1.81. The normalized spacial score (nSPS) is 10.0. The quantitative estimate of drug-likeness (QED) is 0.819. The fraction of sp³-hybridized carbons (Fsp3) is 0.429. The maximum absolute atomic E-state index is 12.4. The molecule has 0 aliphatic carbocycles. The van der Waals surface area contributed by atoms with E-state index in [1.54, 1.807) is 29.2 Å². The molecular weight excluding hydrogens is 246 g/mol. The molecule has 0 saturated carbocycles. The fourth-order valence-corrected chi connectivity index (χ4v) is 1.81. The van der Waals surface area contributed by atoms with Crippen molar-refractivity contribution >= 4 is 11.9 Å². The van der Waals surface area contributed by atoms with Crippen LogP contribution in [0.2, 0.25) is 0 Å². The van der Waals surface area contributed by atoms with Gasteiger partial charge in [-0.05, 0) is 18.6 Å². The summed E-state index contributed by atoms with van der Waals surface area (Å²) in [6.45, 7) is 2.69. The van der Waals surface area contributed by atoms with Gasteiger partial charge in [0.25, 0.3) is 5.91 Å². The summed E-state index contributed by atoms with van der Waals surface area (Å²) in [4.78, 5) is 24.6. The zero-order valence-corrected chi connectivity index (χ0v) is 11.3. The van der Waals surface area contributed by atoms with E-state index in [1.807, 2.05) is 6.92 Å². The van der Waals surface area contributed by atoms with Gasteiger partial charge in [0, 0.05) is 13.1 Å². The summed E-state index contributed by atoms with van der Waals surface area (Å²) in [5.74, 6) is -0.599. The van der Waals surface area contributed by atoms with Crippen molar-refractivity contribution in [2.24, 2.45) is 0 Å². The highest BCUT2D eigenvalue weighted by Gasteiger charge is 2.19. The summed E-state index contributed by atoms with van der Waals surface area (Å²) in [5, 5.41) is 8.72. The number of ether oxygens (including phenoxy) is 1. The summed E-state index contributed by atoms with van der Waals surface area (Å²) in [7, 11) is 1.51. The number of carbonyl (C=O) groups excluding carboxylic acids is 1. The molecule has 1 rings (SSSR count). The van der Waals surface area contributed by atoms with E-state index in [0.29, 0.717) is 17.9 Å². The van der Waals surface area contributed by atoms with Crippen molar-refractivity contribution < 1.29 is 19.4 Å². The maximum Gasteiger partial charge on any atom is 0.305 e. The van der Waals surface area contributed by atoms with Crippen molar-refractivity contribution in [2.45, 2.75) is 19.8 Å². The van der Waals surface area contributed by atoms with E-state index < -0.39 is 5.97 Å². The Labute approximate surface area is 112 Å². The number of para-hydroxylation sites is 1. The topological polar surface area (TPSA) is 66.8 Å². The zero-order chi connectivity index (χ0) is 14.3. The van der Waals surface area contributed by atoms with Gasteiger partial charge < -0.3 is 14.7 Å². The number of carboxylic acids is 1. The first-order valence-corrected chi connectivity index (χ1v) is 6.24. The molecule has 0 atom stereocenters. The Morgan fingerprint density at radius 2 is 1.95 bits per heavy atom. The Morgan fingerprint density at radius 1 is 1.26 bits per heavy atom. The van der Waals surface area contributed by atoms with E-state index in [0.717, 1.165) is 6.42 Å². The first-order chi connectivity index (χ1) is 9.10. The number of nitrogens with zero attached hydrogens (tertiary/aromatic N) is 1. The zero-order valence-electron chi connectivity index (χ0n) is 11.3. The van der Waals surface area contributed by atoms with Crippen LogP contribution in [0.4, 0.5) is 0 Å². The van der Waals surface area contributed by atoms with Crippen LogP contribution >= 0.6 is 0 Å². The molecule has 1 N–H and O–H groups in total. The largest absolute Gasteiger partial charge is 0.496 e. The number of aliphatic carboxylic acids is 1. The van der Waals surface area contributed by atoms with E-state index in [-0.39, 0.29) is 18.9 Å². The SMILES string of the molecule is CCCN(CCC(=O)O)C(=O)c1ccccc1OC. The third-order valence-corrected chi connectivity index (χ3v) is 2.71. The van der Waals surface area contributed by atoms with Crippen LogP contribution in [0, 0.1) is 0 Å². The molecule has 104 valence electrons. The molecule has 1 aromatic carbocycles. The molecule has 19 heavy (non-hydrogen) atoms. The lowest BCUT2D eigenvalue weighted by Gasteiger charge is -2.22. The summed E-state index contributed by atoms with van der Waals surface area (Å²) >= 11 is 0. The Balaban J connectivity index is 2.88. The highest BCUT2D eigenvalue weighted by atomic mass is 16.5. The van der Waals surface area contributed by atoms with Gasteiger partial charge >= 0.3 is 5.97 Å². The van der Waals surface area contributed by atoms with Crippen molar-refractivity contribution in [3.63, 3.8) is 0 Å². The average molecular weight is 265 g/mol. The third kappa shape index (κ3) is 4.28. The third-order valence-electron chi connectivity index (χ3n) is 2.71. The highest BCUT2D eigenvalue weighted by Crippen LogP contribution is 2.19. The molecule has 0 unspecified atom stereocenters. The molecule has 0 radical (unpaired) electrons. The monoisotopic (exact) mass is 265 g/mol. The van der Waals surface area contributed by atoms with Gasteiger partial charge in [0.05, 0.1) is 19.1 Å². The van der Waals surface area contributed by atoms with E-state index in [1.165, 1.54) is 7.11 Å². The molecule has 0 heterocycles. The van der Waals surface area contributed by atoms with Crippen LogP contribution < -0.4 is 4.74 Å². The van der Waals surface area contributed by atoms with E-state index >= 15 is 0 Å². The van der Waals surface area contributed by atoms with Crippen LogP contribution in [0.5, 0.6) is 5.75 Å². The Morgan fingerprint density at radius 3 is 2.53 bits per heavy atom. The molecule has 0 bridgehead atoms. The van der Waals surface area contributed by atoms with Crippen LogP contribution in [-0.4, -0.2) is 42.1 Å². The number of carboxylic acid groups (broad SMARTS) is 1. The Bertz CT molecular complexity index is 445. The molecule has 0 aliphatic rings. The lowest BCUT2D eigenvalue weighted by atomic mass is 10.1. The number of rotatable bonds is 7. The van der Waals surface area contributed by atoms with E-state index in [4.69, 9.17) is 9.84 Å². The molecular formula is C14H19NO4. The lowest BCUT2D eigenvalue weighted by Crippen LogP contribution is -2.34. The summed E-state index contributed by atoms with van der Waals surface area (Å²) in [6.07, 6.45) is 0.724. The van der Waals surface area contributed by atoms with Crippen molar-refractivity contribution in [1.29, 1.82) is 0 Å². The molecule has 0 spiro atoms. The predicted molar refractivity (Wildman–Crippen MR) is 71.4 cm³/mol. The second-order valence-electron chi connectivity index (χ2n) is 4.14. The maximum atomic E-state index is 12.4. The minimum absolute atomic E-state index is 0.0547. The molecule has 5 heteroatoms. The van der Waals surface area contributed by atoms with Crippen LogP contribution in [0.15, 0.2) is 24.3 Å². The van der Waals surface area contributed by atoms with Gasteiger partial charge in [-0.25, -0.2) is 0 Å². The number of amides is 1. The van der Waals surface area contributed by atoms with Crippen LogP contribution in [-0.2, 0) is 4.79 Å². The number of methoxy groups -OCH3 is 1. The lowest BCUT2D eigenvalue weighted by molar-refractivity contribution is -0.137. The first-order valence-electron chi connectivity index (χ1n) is 6.24. The van der Waals surface area contributed by atoms with Crippen molar-refractivity contribution in [3.05, 3.63) is 29.8 Å². The minimum Gasteiger partial charge on any atom is -0.496 e. The van der Waals surface area contributed by atoms with E-state index in [9.17, 15) is 9.59 Å². The highest BCUT2D eigenvalue weighted by molar-refractivity contribution is 5.97. The van der Waals surface area contributed by atoms with Crippen LogP contribution in [0.1, 0.15) is 30.1 Å². The van der Waals surface area contributed by atoms with Gasteiger partial charge in [0.2, 0.25) is 0 Å². The number of hydrogen-bond acceptors (Lipinski definition) is 3. The van der Waals surface area contributed by atoms with Gasteiger partial charge in [-0.2, -0.15) is 0 Å². The number of benzene rings is 1. The van der Waals surface area contributed by atoms with Gasteiger partial charge in [0.15, 0.2) is 0 Å².